The second-order valence-corrected chi connectivity index (χ2v) is 7.25. The van der Waals surface area contributed by atoms with Crippen molar-refractivity contribution in [3.05, 3.63) is 47.3 Å². The molecule has 2 heterocycles. The molecule has 3 aromatic rings. The van der Waals surface area contributed by atoms with Crippen LogP contribution in [0.2, 0.25) is 0 Å². The van der Waals surface area contributed by atoms with Crippen LogP contribution in [0.25, 0.3) is 10.9 Å². The Morgan fingerprint density at radius 1 is 1.25 bits per heavy atom. The first-order valence-corrected chi connectivity index (χ1v) is 9.44. The molecule has 0 atom stereocenters. The highest BCUT2D eigenvalue weighted by atomic mass is 16.2. The van der Waals surface area contributed by atoms with Crippen LogP contribution in [0.4, 0.5) is 5.82 Å². The van der Waals surface area contributed by atoms with Gasteiger partial charge in [-0.2, -0.15) is 0 Å². The Bertz CT molecular complexity index is 1050. The largest absolute Gasteiger partial charge is 0.364 e. The third-order valence-corrected chi connectivity index (χ3v) is 5.33. The van der Waals surface area contributed by atoms with Crippen LogP contribution >= 0.6 is 0 Å². The van der Waals surface area contributed by atoms with Crippen LogP contribution in [0.3, 0.4) is 0 Å². The molecule has 28 heavy (non-hydrogen) atoms. The van der Waals surface area contributed by atoms with Gasteiger partial charge in [0.25, 0.3) is 11.8 Å². The Labute approximate surface area is 162 Å². The Kier molecular flexibility index (Phi) is 4.77. The number of fused-ring (bicyclic) bond motifs is 1. The quantitative estimate of drug-likeness (QED) is 0.708. The predicted octanol–water partition coefficient (Wildman–Crippen LogP) is 2.68. The second-order valence-electron chi connectivity index (χ2n) is 7.25. The van der Waals surface area contributed by atoms with E-state index < -0.39 is 5.91 Å². The summed E-state index contributed by atoms with van der Waals surface area (Å²) in [5.74, 6) is -0.0219. The maximum absolute atomic E-state index is 12.9. The number of pyridine rings is 1. The minimum absolute atomic E-state index is 0.0467. The van der Waals surface area contributed by atoms with Gasteiger partial charge in [0.05, 0.1) is 16.8 Å². The first-order chi connectivity index (χ1) is 13.5. The molecule has 2 amide bonds. The number of amides is 2. The van der Waals surface area contributed by atoms with Crippen molar-refractivity contribution in [2.45, 2.75) is 39.2 Å². The van der Waals surface area contributed by atoms with Gasteiger partial charge < -0.3 is 11.1 Å². The van der Waals surface area contributed by atoms with Gasteiger partial charge in [-0.1, -0.05) is 36.3 Å². The van der Waals surface area contributed by atoms with E-state index in [1.807, 2.05) is 17.7 Å². The van der Waals surface area contributed by atoms with Gasteiger partial charge in [0.1, 0.15) is 5.69 Å². The van der Waals surface area contributed by atoms with Crippen LogP contribution in [0.5, 0.6) is 0 Å². The van der Waals surface area contributed by atoms with Crippen molar-refractivity contribution in [2.75, 3.05) is 5.32 Å². The molecular formula is C20H22N6O2. The molecule has 1 saturated carbocycles. The van der Waals surface area contributed by atoms with E-state index in [1.165, 1.54) is 31.7 Å². The van der Waals surface area contributed by atoms with Crippen molar-refractivity contribution >= 4 is 28.5 Å². The highest BCUT2D eigenvalue weighted by molar-refractivity contribution is 6.13. The summed E-state index contributed by atoms with van der Waals surface area (Å²) < 4.78 is 1.85. The minimum atomic E-state index is -0.682. The molecule has 0 bridgehead atoms. The summed E-state index contributed by atoms with van der Waals surface area (Å²) in [6.45, 7) is 2.71. The van der Waals surface area contributed by atoms with Gasteiger partial charge in [0.15, 0.2) is 5.82 Å². The fourth-order valence-corrected chi connectivity index (χ4v) is 3.75. The summed E-state index contributed by atoms with van der Waals surface area (Å²) >= 11 is 0. The van der Waals surface area contributed by atoms with E-state index >= 15 is 0 Å². The molecule has 1 aliphatic rings. The number of primary amides is 1. The van der Waals surface area contributed by atoms with E-state index in [1.54, 1.807) is 18.2 Å². The van der Waals surface area contributed by atoms with E-state index in [0.29, 0.717) is 28.2 Å². The van der Waals surface area contributed by atoms with Gasteiger partial charge in [-0.05, 0) is 37.8 Å². The van der Waals surface area contributed by atoms with Gasteiger partial charge in [-0.25, -0.2) is 9.67 Å². The normalized spacial score (nSPS) is 14.5. The molecule has 3 N–H and O–H groups in total. The Hall–Kier alpha value is -3.29. The highest BCUT2D eigenvalue weighted by Crippen LogP contribution is 2.27. The summed E-state index contributed by atoms with van der Waals surface area (Å²) in [5.41, 5.74) is 7.09. The van der Waals surface area contributed by atoms with Crippen LogP contribution in [-0.2, 0) is 6.54 Å². The number of hydrogen-bond acceptors (Lipinski definition) is 5. The molecule has 1 aliphatic carbocycles. The summed E-state index contributed by atoms with van der Waals surface area (Å²) in [6, 6.07) is 8.54. The molecule has 2 aromatic heterocycles. The predicted molar refractivity (Wildman–Crippen MR) is 105 cm³/mol. The molecule has 0 radical (unpaired) electrons. The lowest BCUT2D eigenvalue weighted by atomic mass is 10.1. The zero-order valence-corrected chi connectivity index (χ0v) is 15.7. The number of carbonyl (C=O) groups excluding carboxylic acids is 2. The zero-order chi connectivity index (χ0) is 19.7. The summed E-state index contributed by atoms with van der Waals surface area (Å²) in [7, 11) is 0. The average molecular weight is 378 g/mol. The molecule has 8 nitrogen and oxygen atoms in total. The van der Waals surface area contributed by atoms with Crippen LogP contribution in [0.15, 0.2) is 30.3 Å². The number of nitrogens with two attached hydrogens (primary N) is 1. The number of para-hydroxylation sites is 1. The van der Waals surface area contributed by atoms with Crippen molar-refractivity contribution in [1.29, 1.82) is 0 Å². The third-order valence-electron chi connectivity index (χ3n) is 5.33. The molecule has 0 aliphatic heterocycles. The number of benzene rings is 1. The van der Waals surface area contributed by atoms with E-state index in [4.69, 9.17) is 5.73 Å². The number of rotatable bonds is 5. The van der Waals surface area contributed by atoms with E-state index in [0.717, 1.165) is 12.2 Å². The first kappa shape index (κ1) is 18.1. The molecule has 144 valence electrons. The lowest BCUT2D eigenvalue weighted by molar-refractivity contribution is 0.0996. The van der Waals surface area contributed by atoms with Crippen molar-refractivity contribution in [3.8, 4) is 0 Å². The SMILES string of the molecule is Cc1c(NC(=O)c2cc(C(N)=O)nc3ccccc23)nnn1CC1CCCC1. The fraction of sp³-hybridized carbons (Fsp3) is 0.350. The number of anilines is 1. The molecule has 1 fully saturated rings. The number of nitrogens with one attached hydrogen (secondary N) is 1. The average Bonchev–Trinajstić information content (AvgIpc) is 3.32. The lowest BCUT2D eigenvalue weighted by Gasteiger charge is -2.10. The minimum Gasteiger partial charge on any atom is -0.364 e. The Balaban J connectivity index is 1.62. The van der Waals surface area contributed by atoms with Crippen molar-refractivity contribution in [3.63, 3.8) is 0 Å². The monoisotopic (exact) mass is 378 g/mol. The van der Waals surface area contributed by atoms with Gasteiger partial charge >= 0.3 is 0 Å². The van der Waals surface area contributed by atoms with Crippen LogP contribution in [-0.4, -0.2) is 31.8 Å². The van der Waals surface area contributed by atoms with E-state index in [9.17, 15) is 9.59 Å². The third kappa shape index (κ3) is 3.45. The molecule has 0 unspecified atom stereocenters. The van der Waals surface area contributed by atoms with E-state index in [2.05, 4.69) is 20.6 Å². The van der Waals surface area contributed by atoms with Crippen LogP contribution in [0.1, 0.15) is 52.2 Å². The molecule has 4 rings (SSSR count). The van der Waals surface area contributed by atoms with Gasteiger partial charge in [0.2, 0.25) is 0 Å². The number of hydrogen-bond donors (Lipinski definition) is 2. The maximum atomic E-state index is 12.9. The van der Waals surface area contributed by atoms with E-state index in [-0.39, 0.29) is 11.6 Å². The van der Waals surface area contributed by atoms with Crippen molar-refractivity contribution in [1.82, 2.24) is 20.0 Å². The van der Waals surface area contributed by atoms with Crippen molar-refractivity contribution in [2.24, 2.45) is 11.7 Å². The standard InChI is InChI=1S/C20H22N6O2/c1-12-19(24-25-26(12)11-13-6-2-3-7-13)23-20(28)15-10-17(18(21)27)22-16-9-5-4-8-14(15)16/h4-5,8-10,13H,2-3,6-7,11H2,1H3,(H2,21,27)(H,23,28). The second kappa shape index (κ2) is 7.38. The molecule has 0 spiro atoms. The fourth-order valence-electron chi connectivity index (χ4n) is 3.75. The number of nitrogens with zero attached hydrogens (tertiary/aromatic N) is 4. The summed E-state index contributed by atoms with van der Waals surface area (Å²) in [4.78, 5) is 28.8. The highest BCUT2D eigenvalue weighted by Gasteiger charge is 2.20. The smallest absolute Gasteiger partial charge is 0.267 e. The maximum Gasteiger partial charge on any atom is 0.267 e. The van der Waals surface area contributed by atoms with Gasteiger partial charge in [0, 0.05) is 11.9 Å². The molecule has 8 heteroatoms. The summed E-state index contributed by atoms with van der Waals surface area (Å²) in [5, 5.41) is 11.8. The number of aromatic nitrogens is 4. The molecule has 0 saturated heterocycles. The Morgan fingerprint density at radius 3 is 2.75 bits per heavy atom. The van der Waals surface area contributed by atoms with Gasteiger partial charge in [-0.3, -0.25) is 9.59 Å². The summed E-state index contributed by atoms with van der Waals surface area (Å²) in [6.07, 6.45) is 4.94. The number of carbonyl (C=O) groups is 2. The van der Waals surface area contributed by atoms with Crippen molar-refractivity contribution < 1.29 is 9.59 Å². The molecular weight excluding hydrogens is 356 g/mol. The molecule has 1 aromatic carbocycles. The van der Waals surface area contributed by atoms with Crippen LogP contribution in [0, 0.1) is 12.8 Å². The lowest BCUT2D eigenvalue weighted by Crippen LogP contribution is -2.18. The Morgan fingerprint density at radius 2 is 2.00 bits per heavy atom. The van der Waals surface area contributed by atoms with Gasteiger partial charge in [-0.15, -0.1) is 5.10 Å². The zero-order valence-electron chi connectivity index (χ0n) is 15.7. The topological polar surface area (TPSA) is 116 Å². The first-order valence-electron chi connectivity index (χ1n) is 9.44. The van der Waals surface area contributed by atoms with Crippen LogP contribution < -0.4 is 11.1 Å².